The first-order chi connectivity index (χ1) is 47.2. The molecule has 0 aromatic carbocycles. The minimum absolute atomic E-state index is 0.121. The number of aliphatic hydroxyl groups is 4. The van der Waals surface area contributed by atoms with Gasteiger partial charge in [0.15, 0.2) is 34.2 Å². The first-order valence-electron chi connectivity index (χ1n) is 32.9. The molecule has 6 rings (SSSR count). The number of aromatic nitrogens is 6. The van der Waals surface area contributed by atoms with Crippen molar-refractivity contribution in [2.24, 2.45) is 23.7 Å². The highest BCUT2D eigenvalue weighted by Crippen LogP contribution is 2.24. The molecule has 0 spiro atoms. The van der Waals surface area contributed by atoms with Gasteiger partial charge in [0.05, 0.1) is 100.0 Å². The molecule has 6 aromatic rings. The molecule has 4 unspecified atom stereocenters. The highest BCUT2D eigenvalue weighted by atomic mass is 16.6. The Morgan fingerprint density at radius 1 is 0.396 bits per heavy atom. The van der Waals surface area contributed by atoms with Crippen LogP contribution < -0.4 is 60.3 Å². The molecule has 6 aromatic heterocycles. The van der Waals surface area contributed by atoms with Gasteiger partial charge in [0, 0.05) is 39.3 Å². The van der Waals surface area contributed by atoms with Crippen molar-refractivity contribution in [3.63, 3.8) is 0 Å². The number of amides is 6. The Hall–Kier alpha value is -9.28. The fourth-order valence-corrected chi connectivity index (χ4v) is 7.99. The van der Waals surface area contributed by atoms with E-state index in [1.54, 1.807) is 62.3 Å². The van der Waals surface area contributed by atoms with E-state index in [1.165, 1.54) is 60.9 Å². The highest BCUT2D eigenvalue weighted by Gasteiger charge is 2.27. The molecule has 0 radical (unpaired) electrons. The topological polar surface area (TPSA) is 467 Å². The van der Waals surface area contributed by atoms with E-state index in [4.69, 9.17) is 51.0 Å². The van der Waals surface area contributed by atoms with Crippen molar-refractivity contribution in [3.8, 4) is 35.7 Å². The molecule has 101 heavy (non-hydrogen) atoms. The number of nitrogens with zero attached hydrogens (tertiary/aromatic N) is 6. The third-order valence-electron chi connectivity index (χ3n) is 15.0. The van der Waals surface area contributed by atoms with Crippen LogP contribution in [0, 0.1) is 44.4 Å². The maximum Gasteiger partial charge on any atom is 0.314 e. The normalized spacial score (nSPS) is 12.7. The second-order valence-corrected chi connectivity index (χ2v) is 25.7. The van der Waals surface area contributed by atoms with Gasteiger partial charge in [-0.2, -0.15) is 0 Å². The molecule has 4 atom stereocenters. The fourth-order valence-electron chi connectivity index (χ4n) is 7.99. The molecule has 0 aliphatic carbocycles. The standard InChI is InChI=1S/C14H24N2O3.C13H22N2O3.C11H18N2O4.2C10H16N2O4.C9H14N2O4/c1-6-7-11(9(2)3)8-15-13(17)12-10(4)14(18-5)19-16-12;1-5-6-10(9(2)3)8-14-13(16)11-7-12(17-4)18-15-11;1-5-11(3,15)6-12-9(14)8-7(2)10(16-4)17-13-8;1-6-7(12-16-9(6)15-4)8(13)11-5-10(2,3)14;1-4-10(2,14)6-11-9(13)7-5-8(15-3)16-12-7;1-9(2,13)5-10-8(12)6-4-7(14-3)15-11-6/h9,11H,6-8H2,1-5H3,(H,15,17);7,9-10H,5-6,8H2,1-4H3,(H,14,16);15H,5-6H2,1-4H3,(H,12,14);14H,5H2,1-4H3,(H,11,13);5,14H,4,6H2,1-3H3,(H,11,13);4,13H,5H2,1-3H3,(H,10,12). The monoisotopic (exact) mass is 1430 g/mol. The lowest BCUT2D eigenvalue weighted by Crippen LogP contribution is -2.40. The van der Waals surface area contributed by atoms with Crippen molar-refractivity contribution in [3.05, 3.63) is 69.1 Å². The molecule has 0 fully saturated rings. The molecule has 34 nitrogen and oxygen atoms in total. The van der Waals surface area contributed by atoms with Crippen molar-refractivity contribution in [1.29, 1.82) is 0 Å². The van der Waals surface area contributed by atoms with E-state index in [0.29, 0.717) is 77.9 Å². The number of ether oxygens (including phenoxy) is 6. The van der Waals surface area contributed by atoms with Gasteiger partial charge >= 0.3 is 35.7 Å². The summed E-state index contributed by atoms with van der Waals surface area (Å²) in [5.41, 5.74) is -0.883. The number of methoxy groups -OCH3 is 6. The molecule has 0 saturated carbocycles. The number of rotatable bonds is 32. The summed E-state index contributed by atoms with van der Waals surface area (Å²) in [6.45, 7) is 33.4. The third kappa shape index (κ3) is 33.2. The van der Waals surface area contributed by atoms with Crippen LogP contribution in [0.25, 0.3) is 0 Å². The van der Waals surface area contributed by atoms with Crippen molar-refractivity contribution >= 4 is 35.4 Å². The lowest BCUT2D eigenvalue weighted by molar-refractivity contribution is 0.0515. The van der Waals surface area contributed by atoms with Gasteiger partial charge in [0.25, 0.3) is 35.4 Å². The smallest absolute Gasteiger partial charge is 0.314 e. The summed E-state index contributed by atoms with van der Waals surface area (Å²) in [7, 11) is 8.68. The van der Waals surface area contributed by atoms with E-state index >= 15 is 0 Å². The summed E-state index contributed by atoms with van der Waals surface area (Å²) >= 11 is 0. The van der Waals surface area contributed by atoms with Crippen LogP contribution in [0.4, 0.5) is 0 Å². The molecule has 0 aliphatic rings. The first kappa shape index (κ1) is 89.7. The molecule has 6 heterocycles. The van der Waals surface area contributed by atoms with E-state index in [-0.39, 0.29) is 102 Å². The van der Waals surface area contributed by atoms with Gasteiger partial charge in [0.2, 0.25) is 0 Å². The lowest BCUT2D eigenvalue weighted by Gasteiger charge is -2.21. The molecule has 570 valence electrons. The Kier molecular flexibility index (Phi) is 39.2. The van der Waals surface area contributed by atoms with Crippen LogP contribution in [-0.4, -0.2) is 191 Å². The van der Waals surface area contributed by atoms with Gasteiger partial charge < -0.3 is 108 Å². The summed E-state index contributed by atoms with van der Waals surface area (Å²) in [6.07, 6.45) is 5.56. The van der Waals surface area contributed by atoms with E-state index < -0.39 is 40.1 Å². The van der Waals surface area contributed by atoms with E-state index in [0.717, 1.165) is 25.7 Å². The molecule has 10 N–H and O–H groups in total. The zero-order chi connectivity index (χ0) is 77.0. The summed E-state index contributed by atoms with van der Waals surface area (Å²) in [6, 6.07) is 4.25. The van der Waals surface area contributed by atoms with Crippen LogP contribution in [0.3, 0.4) is 0 Å². The average Bonchev–Trinajstić information content (AvgIpc) is 1.73. The van der Waals surface area contributed by atoms with Gasteiger partial charge in [-0.3, -0.25) is 28.8 Å². The Bertz CT molecular complexity index is 3400. The number of hydrogen-bond acceptors (Lipinski definition) is 28. The predicted molar refractivity (Wildman–Crippen MR) is 367 cm³/mol. The number of hydrogen-bond donors (Lipinski definition) is 10. The number of carbonyl (C=O) groups is 6. The maximum absolute atomic E-state index is 12.0. The highest BCUT2D eigenvalue weighted by molar-refractivity contribution is 5.96. The SMILES string of the molecule is CCC(C)(O)CNC(=O)c1cc(OC)on1.CCC(C)(O)CNC(=O)c1noc(OC)c1C.CCCC(CNC(=O)c1cc(OC)on1)C(C)C.CCCC(CNC(=O)c1noc(OC)c1C)C(C)C.COc1cc(C(=O)NCC(C)(C)O)no1.COc1onc(C(=O)NCC(C)(C)O)c1C. The van der Waals surface area contributed by atoms with Gasteiger partial charge in [0.1, 0.15) is 0 Å². The zero-order valence-electron chi connectivity index (χ0n) is 62.8. The molecular weight excluding hydrogens is 1320 g/mol. The average molecular weight is 1440 g/mol. The molecule has 0 aliphatic heterocycles. The van der Waals surface area contributed by atoms with Gasteiger partial charge in [-0.25, -0.2) is 0 Å². The molecular formula is C67H110N12O22. The van der Waals surface area contributed by atoms with Gasteiger partial charge in [-0.1, -0.05) is 99.2 Å². The summed E-state index contributed by atoms with van der Waals surface area (Å²) in [4.78, 5) is 70.2. The van der Waals surface area contributed by atoms with Crippen LogP contribution in [0.2, 0.25) is 0 Å². The Morgan fingerprint density at radius 3 is 0.891 bits per heavy atom. The second-order valence-electron chi connectivity index (χ2n) is 25.7. The van der Waals surface area contributed by atoms with Crippen molar-refractivity contribution < 1.29 is 105 Å². The molecule has 0 bridgehead atoms. The third-order valence-corrected chi connectivity index (χ3v) is 15.0. The minimum atomic E-state index is -0.961. The lowest BCUT2D eigenvalue weighted by atomic mass is 9.91. The van der Waals surface area contributed by atoms with Crippen LogP contribution in [0.5, 0.6) is 35.7 Å². The van der Waals surface area contributed by atoms with Crippen LogP contribution in [0.15, 0.2) is 45.3 Å². The number of nitrogens with one attached hydrogen (secondary N) is 6. The summed E-state index contributed by atoms with van der Waals surface area (Å²) in [5, 5.41) is 75.9. The second kappa shape index (κ2) is 44.1. The first-order valence-corrected chi connectivity index (χ1v) is 32.9. The van der Waals surface area contributed by atoms with E-state index in [2.05, 4.69) is 109 Å². The maximum atomic E-state index is 12.0. The fraction of sp³-hybridized carbons (Fsp3) is 0.642. The van der Waals surface area contributed by atoms with Crippen molar-refractivity contribution in [1.82, 2.24) is 62.8 Å². The quantitative estimate of drug-likeness (QED) is 0.0196. The van der Waals surface area contributed by atoms with Crippen LogP contribution in [0.1, 0.15) is 215 Å². The van der Waals surface area contributed by atoms with Gasteiger partial charge in [-0.05, 0) is 112 Å². The van der Waals surface area contributed by atoms with E-state index in [1.807, 2.05) is 13.8 Å². The largest absolute Gasteiger partial charge is 0.467 e. The number of carbonyl (C=O) groups excluding carboxylic acids is 6. The van der Waals surface area contributed by atoms with Gasteiger partial charge in [-0.15, -0.1) is 0 Å². The minimum Gasteiger partial charge on any atom is -0.467 e. The van der Waals surface area contributed by atoms with Crippen LogP contribution in [-0.2, 0) is 0 Å². The van der Waals surface area contributed by atoms with Crippen molar-refractivity contribution in [2.75, 3.05) is 81.9 Å². The zero-order valence-corrected chi connectivity index (χ0v) is 62.8. The summed E-state index contributed by atoms with van der Waals surface area (Å²) in [5.74, 6) is 1.38. The van der Waals surface area contributed by atoms with E-state index in [9.17, 15) is 49.2 Å². The molecule has 0 saturated heterocycles. The van der Waals surface area contributed by atoms with Crippen molar-refractivity contribution in [2.45, 2.75) is 179 Å². The summed E-state index contributed by atoms with van der Waals surface area (Å²) < 4.78 is 57.8. The van der Waals surface area contributed by atoms with Crippen LogP contribution >= 0.6 is 0 Å². The molecule has 6 amide bonds. The molecule has 34 heteroatoms. The Morgan fingerprint density at radius 2 is 0.653 bits per heavy atom. The Balaban J connectivity index is 0.000000607. The predicted octanol–water partition coefficient (Wildman–Crippen LogP) is 7.41. The Labute approximate surface area is 590 Å².